The van der Waals surface area contributed by atoms with Gasteiger partial charge in [0, 0.05) is 4.88 Å². The molecule has 2 aromatic heterocycles. The summed E-state index contributed by atoms with van der Waals surface area (Å²) in [5, 5.41) is 8.72. The molecule has 0 fully saturated rings. The van der Waals surface area contributed by atoms with Crippen molar-refractivity contribution in [2.24, 2.45) is 0 Å². The predicted octanol–water partition coefficient (Wildman–Crippen LogP) is 3.74. The first-order valence-electron chi connectivity index (χ1n) is 5.09. The number of carboxylic acids is 1. The second-order valence-electron chi connectivity index (χ2n) is 3.85. The molecular formula is C11H8F3NO3S. The molecule has 19 heavy (non-hydrogen) atoms. The number of aromatic carboxylic acids is 1. The van der Waals surface area contributed by atoms with Crippen molar-refractivity contribution in [2.75, 3.05) is 0 Å². The van der Waals surface area contributed by atoms with Crippen molar-refractivity contribution in [3.63, 3.8) is 0 Å². The number of carboxylic acid groups (broad SMARTS) is 1. The van der Waals surface area contributed by atoms with Crippen molar-refractivity contribution in [1.29, 1.82) is 0 Å². The number of carbonyl (C=O) groups is 1. The van der Waals surface area contributed by atoms with Gasteiger partial charge in [0.05, 0.1) is 4.88 Å². The Morgan fingerprint density at radius 2 is 2.05 bits per heavy atom. The molecular weight excluding hydrogens is 283 g/mol. The van der Waals surface area contributed by atoms with E-state index in [0.717, 1.165) is 10.4 Å². The van der Waals surface area contributed by atoms with Gasteiger partial charge in [0.15, 0.2) is 5.69 Å². The van der Waals surface area contributed by atoms with Crippen molar-refractivity contribution in [2.45, 2.75) is 20.0 Å². The summed E-state index contributed by atoms with van der Waals surface area (Å²) < 4.78 is 42.7. The molecule has 2 aromatic rings. The molecule has 0 saturated heterocycles. The molecule has 0 aliphatic carbocycles. The van der Waals surface area contributed by atoms with Crippen LogP contribution < -0.4 is 0 Å². The van der Waals surface area contributed by atoms with Gasteiger partial charge in [-0.2, -0.15) is 13.2 Å². The topological polar surface area (TPSA) is 63.3 Å². The highest BCUT2D eigenvalue weighted by Crippen LogP contribution is 2.36. The van der Waals surface area contributed by atoms with Crippen molar-refractivity contribution >= 4 is 17.3 Å². The highest BCUT2D eigenvalue weighted by atomic mass is 32.1. The second-order valence-corrected chi connectivity index (χ2v) is 5.11. The van der Waals surface area contributed by atoms with Gasteiger partial charge in [0.25, 0.3) is 0 Å². The Balaban J connectivity index is 2.58. The van der Waals surface area contributed by atoms with Gasteiger partial charge in [-0.15, -0.1) is 11.3 Å². The van der Waals surface area contributed by atoms with Crippen molar-refractivity contribution in [3.05, 3.63) is 28.0 Å². The van der Waals surface area contributed by atoms with Crippen molar-refractivity contribution in [3.8, 4) is 10.8 Å². The number of aromatic nitrogens is 1. The van der Waals surface area contributed by atoms with E-state index in [9.17, 15) is 18.0 Å². The third kappa shape index (κ3) is 2.48. The van der Waals surface area contributed by atoms with E-state index in [1.54, 1.807) is 19.9 Å². The SMILES string of the molecule is Cc1cc(-c2nc(C(F)(F)F)c(C(=O)O)o2)sc1C. The average Bonchev–Trinajstić information content (AvgIpc) is 2.82. The molecule has 2 heterocycles. The normalized spacial score (nSPS) is 11.8. The highest BCUT2D eigenvalue weighted by molar-refractivity contribution is 7.15. The Labute approximate surface area is 109 Å². The summed E-state index contributed by atoms with van der Waals surface area (Å²) in [6.45, 7) is 3.59. The van der Waals surface area contributed by atoms with Crippen LogP contribution in [-0.4, -0.2) is 16.1 Å². The van der Waals surface area contributed by atoms with Crippen LogP contribution in [0.5, 0.6) is 0 Å². The Bertz CT molecular complexity index is 623. The molecule has 2 rings (SSSR count). The highest BCUT2D eigenvalue weighted by Gasteiger charge is 2.41. The van der Waals surface area contributed by atoms with E-state index in [2.05, 4.69) is 4.98 Å². The lowest BCUT2D eigenvalue weighted by molar-refractivity contribution is -0.141. The molecule has 1 N–H and O–H groups in total. The van der Waals surface area contributed by atoms with Crippen molar-refractivity contribution in [1.82, 2.24) is 4.98 Å². The second kappa shape index (κ2) is 4.37. The minimum atomic E-state index is -4.86. The fraction of sp³-hybridized carbons (Fsp3) is 0.273. The summed E-state index contributed by atoms with van der Waals surface area (Å²) in [7, 11) is 0. The number of hydrogen-bond donors (Lipinski definition) is 1. The minimum Gasteiger partial charge on any atom is -0.475 e. The van der Waals surface area contributed by atoms with E-state index in [0.29, 0.717) is 4.88 Å². The molecule has 0 aliphatic heterocycles. The van der Waals surface area contributed by atoms with Gasteiger partial charge in [0.2, 0.25) is 11.7 Å². The van der Waals surface area contributed by atoms with Gasteiger partial charge < -0.3 is 9.52 Å². The average molecular weight is 291 g/mol. The maximum Gasteiger partial charge on any atom is 0.437 e. The molecule has 0 unspecified atom stereocenters. The zero-order valence-electron chi connectivity index (χ0n) is 9.83. The lowest BCUT2D eigenvalue weighted by atomic mass is 10.3. The molecule has 0 atom stereocenters. The van der Waals surface area contributed by atoms with E-state index in [1.165, 1.54) is 11.3 Å². The van der Waals surface area contributed by atoms with E-state index in [4.69, 9.17) is 9.52 Å². The summed E-state index contributed by atoms with van der Waals surface area (Å²) in [5.74, 6) is -3.31. The molecule has 0 aromatic carbocycles. The maximum absolute atomic E-state index is 12.6. The molecule has 0 bridgehead atoms. The quantitative estimate of drug-likeness (QED) is 0.915. The number of thiophene rings is 1. The summed E-state index contributed by atoms with van der Waals surface area (Å²) in [5.41, 5.74) is -0.637. The number of halogens is 3. The number of alkyl halides is 3. The molecule has 0 aliphatic rings. The largest absolute Gasteiger partial charge is 0.475 e. The molecule has 8 heteroatoms. The van der Waals surface area contributed by atoms with Crippen LogP contribution in [0, 0.1) is 13.8 Å². The van der Waals surface area contributed by atoms with Crippen LogP contribution >= 0.6 is 11.3 Å². The molecule has 0 amide bonds. The van der Waals surface area contributed by atoms with Crippen LogP contribution in [0.15, 0.2) is 10.5 Å². The first-order chi connectivity index (χ1) is 8.70. The Morgan fingerprint density at radius 3 is 2.42 bits per heavy atom. The van der Waals surface area contributed by atoms with E-state index in [-0.39, 0.29) is 5.89 Å². The number of oxazole rings is 1. The van der Waals surface area contributed by atoms with Crippen LogP contribution in [0.3, 0.4) is 0 Å². The Kier molecular flexibility index (Phi) is 3.13. The Hall–Kier alpha value is -1.83. The molecule has 0 saturated carbocycles. The smallest absolute Gasteiger partial charge is 0.437 e. The van der Waals surface area contributed by atoms with Gasteiger partial charge >= 0.3 is 12.1 Å². The van der Waals surface area contributed by atoms with E-state index >= 15 is 0 Å². The van der Waals surface area contributed by atoms with Crippen LogP contribution in [-0.2, 0) is 6.18 Å². The van der Waals surface area contributed by atoms with Gasteiger partial charge in [0.1, 0.15) is 0 Å². The Morgan fingerprint density at radius 1 is 1.42 bits per heavy atom. The van der Waals surface area contributed by atoms with Gasteiger partial charge in [-0.3, -0.25) is 0 Å². The minimum absolute atomic E-state index is 0.328. The summed E-state index contributed by atoms with van der Waals surface area (Å²) in [6.07, 6.45) is -4.86. The van der Waals surface area contributed by atoms with Gasteiger partial charge in [-0.05, 0) is 25.5 Å². The fourth-order valence-electron chi connectivity index (χ4n) is 1.44. The zero-order chi connectivity index (χ0) is 14.4. The molecule has 0 spiro atoms. The summed E-state index contributed by atoms with van der Waals surface area (Å²) >= 11 is 1.20. The number of nitrogens with zero attached hydrogens (tertiary/aromatic N) is 1. The molecule has 0 radical (unpaired) electrons. The monoisotopic (exact) mass is 291 g/mol. The molecule has 102 valence electrons. The van der Waals surface area contributed by atoms with Gasteiger partial charge in [-0.25, -0.2) is 9.78 Å². The summed E-state index contributed by atoms with van der Waals surface area (Å²) in [6, 6.07) is 1.61. The van der Waals surface area contributed by atoms with Gasteiger partial charge in [-0.1, -0.05) is 0 Å². The fourth-order valence-corrected chi connectivity index (χ4v) is 2.40. The van der Waals surface area contributed by atoms with Crippen LogP contribution in [0.2, 0.25) is 0 Å². The lowest BCUT2D eigenvalue weighted by Crippen LogP contribution is -2.11. The van der Waals surface area contributed by atoms with Crippen LogP contribution in [0.25, 0.3) is 10.8 Å². The maximum atomic E-state index is 12.6. The van der Waals surface area contributed by atoms with Crippen LogP contribution in [0.4, 0.5) is 13.2 Å². The zero-order valence-corrected chi connectivity index (χ0v) is 10.6. The van der Waals surface area contributed by atoms with Crippen molar-refractivity contribution < 1.29 is 27.5 Å². The van der Waals surface area contributed by atoms with Crippen LogP contribution in [0.1, 0.15) is 26.7 Å². The standard InChI is InChI=1S/C11H8F3NO3S/c1-4-3-6(19-5(4)2)9-15-8(11(12,13)14)7(18-9)10(16)17/h3H,1-2H3,(H,16,17). The lowest BCUT2D eigenvalue weighted by Gasteiger charge is -2.00. The van der Waals surface area contributed by atoms with E-state index in [1.807, 2.05) is 0 Å². The third-order valence-corrected chi connectivity index (χ3v) is 3.61. The third-order valence-electron chi connectivity index (χ3n) is 2.47. The number of aryl methyl sites for hydroxylation is 2. The first-order valence-corrected chi connectivity index (χ1v) is 5.90. The number of hydrogen-bond acceptors (Lipinski definition) is 4. The predicted molar refractivity (Wildman–Crippen MR) is 61.3 cm³/mol. The number of rotatable bonds is 2. The summed E-state index contributed by atoms with van der Waals surface area (Å²) in [4.78, 5) is 15.3. The van der Waals surface area contributed by atoms with E-state index < -0.39 is 23.6 Å². The molecule has 4 nitrogen and oxygen atoms in total. The first kappa shape index (κ1) is 13.6.